The number of amides is 1. The van der Waals surface area contributed by atoms with E-state index in [2.05, 4.69) is 0 Å². The van der Waals surface area contributed by atoms with E-state index in [9.17, 15) is 9.59 Å². The van der Waals surface area contributed by atoms with Gasteiger partial charge in [0.1, 0.15) is 0 Å². The molecule has 0 aromatic carbocycles. The summed E-state index contributed by atoms with van der Waals surface area (Å²) in [6.07, 6.45) is 0.288. The lowest BCUT2D eigenvalue weighted by Gasteiger charge is -2.11. The summed E-state index contributed by atoms with van der Waals surface area (Å²) in [6.45, 7) is 3.05. The van der Waals surface area contributed by atoms with Crippen LogP contribution in [0.3, 0.4) is 0 Å². The van der Waals surface area contributed by atoms with E-state index in [0.29, 0.717) is 13.1 Å². The molecule has 1 rings (SSSR count). The van der Waals surface area contributed by atoms with Gasteiger partial charge in [0.15, 0.2) is 0 Å². The molecule has 0 aromatic heterocycles. The number of carbonyl (C=O) groups is 2. The van der Waals surface area contributed by atoms with Gasteiger partial charge in [0.25, 0.3) is 0 Å². The lowest BCUT2D eigenvalue weighted by Crippen LogP contribution is -2.25. The molecule has 0 radical (unpaired) electrons. The first kappa shape index (κ1) is 8.53. The third-order valence-electron chi connectivity index (χ3n) is 1.92. The normalized spacial score (nSPS) is 24.4. The van der Waals surface area contributed by atoms with Crippen molar-refractivity contribution in [1.82, 2.24) is 4.90 Å². The summed E-state index contributed by atoms with van der Waals surface area (Å²) in [5.41, 5.74) is 0. The fourth-order valence-corrected chi connectivity index (χ4v) is 1.38. The highest BCUT2D eigenvalue weighted by molar-refractivity contribution is 6.64. The largest absolute Gasteiger partial charge is 0.342 e. The topological polar surface area (TPSA) is 37.4 Å². The van der Waals surface area contributed by atoms with Crippen LogP contribution < -0.4 is 0 Å². The van der Waals surface area contributed by atoms with Crippen molar-refractivity contribution in [2.45, 2.75) is 13.3 Å². The molecular weight excluding hydrogens is 166 g/mol. The molecule has 1 aliphatic rings. The second-order valence-electron chi connectivity index (χ2n) is 2.64. The van der Waals surface area contributed by atoms with E-state index in [1.807, 2.05) is 6.92 Å². The highest BCUT2D eigenvalue weighted by atomic mass is 35.5. The summed E-state index contributed by atoms with van der Waals surface area (Å²) in [5.74, 6) is -0.240. The van der Waals surface area contributed by atoms with E-state index >= 15 is 0 Å². The number of halogens is 1. The van der Waals surface area contributed by atoms with E-state index < -0.39 is 5.24 Å². The highest BCUT2D eigenvalue weighted by Crippen LogP contribution is 2.19. The molecule has 4 heteroatoms. The average molecular weight is 176 g/mol. The Hall–Kier alpha value is -0.570. The van der Waals surface area contributed by atoms with Crippen LogP contribution in [-0.4, -0.2) is 29.1 Å². The first-order valence-electron chi connectivity index (χ1n) is 3.62. The lowest BCUT2D eigenvalue weighted by atomic mass is 10.1. The number of likely N-dealkylation sites (tertiary alicyclic amines) is 1. The zero-order valence-corrected chi connectivity index (χ0v) is 7.10. The lowest BCUT2D eigenvalue weighted by molar-refractivity contribution is -0.127. The van der Waals surface area contributed by atoms with Crippen molar-refractivity contribution in [3.8, 4) is 0 Å². The number of hydrogen-bond donors (Lipinski definition) is 0. The van der Waals surface area contributed by atoms with E-state index in [-0.39, 0.29) is 18.2 Å². The molecule has 1 heterocycles. The molecule has 62 valence electrons. The highest BCUT2D eigenvalue weighted by Gasteiger charge is 2.32. The van der Waals surface area contributed by atoms with Crippen molar-refractivity contribution in [2.75, 3.05) is 13.1 Å². The van der Waals surface area contributed by atoms with Gasteiger partial charge in [-0.3, -0.25) is 9.59 Å². The Labute approximate surface area is 70.3 Å². The predicted molar refractivity (Wildman–Crippen MR) is 41.2 cm³/mol. The summed E-state index contributed by atoms with van der Waals surface area (Å²) >= 11 is 5.25. The Morgan fingerprint density at radius 1 is 1.82 bits per heavy atom. The first-order valence-corrected chi connectivity index (χ1v) is 4.00. The quantitative estimate of drug-likeness (QED) is 0.577. The number of nitrogens with zero attached hydrogens (tertiary/aromatic N) is 1. The molecule has 1 atom stereocenters. The second kappa shape index (κ2) is 3.22. The van der Waals surface area contributed by atoms with E-state index in [4.69, 9.17) is 11.6 Å². The smallest absolute Gasteiger partial charge is 0.227 e. The summed E-state index contributed by atoms with van der Waals surface area (Å²) in [4.78, 5) is 23.3. The van der Waals surface area contributed by atoms with E-state index in [1.165, 1.54) is 0 Å². The Kier molecular flexibility index (Phi) is 2.49. The molecule has 0 N–H and O–H groups in total. The van der Waals surface area contributed by atoms with Gasteiger partial charge in [-0.05, 0) is 18.5 Å². The van der Waals surface area contributed by atoms with E-state index in [0.717, 1.165) is 0 Å². The van der Waals surface area contributed by atoms with Crippen molar-refractivity contribution in [1.29, 1.82) is 0 Å². The summed E-state index contributed by atoms with van der Waals surface area (Å²) in [5, 5.41) is -0.394. The standard InChI is InChI=1S/C7H10ClNO2/c1-2-9-4-5(7(8)11)3-6(9)10/h5H,2-4H2,1H3/t5-/m0/s1. The molecule has 0 aromatic rings. The van der Waals surface area contributed by atoms with Crippen LogP contribution in [0.4, 0.5) is 0 Å². The van der Waals surface area contributed by atoms with Crippen LogP contribution in [0, 0.1) is 5.92 Å². The molecule has 1 amide bonds. The van der Waals surface area contributed by atoms with Gasteiger partial charge >= 0.3 is 0 Å². The van der Waals surface area contributed by atoms with Gasteiger partial charge in [-0.1, -0.05) is 0 Å². The molecule has 1 aliphatic heterocycles. The van der Waals surface area contributed by atoms with Crippen molar-refractivity contribution >= 4 is 22.8 Å². The van der Waals surface area contributed by atoms with Crippen LogP contribution in [-0.2, 0) is 9.59 Å². The van der Waals surface area contributed by atoms with Crippen molar-refractivity contribution < 1.29 is 9.59 Å². The number of rotatable bonds is 2. The minimum Gasteiger partial charge on any atom is -0.342 e. The van der Waals surface area contributed by atoms with Gasteiger partial charge in [0, 0.05) is 19.5 Å². The Bertz CT molecular complexity index is 193. The monoisotopic (exact) mass is 175 g/mol. The van der Waals surface area contributed by atoms with Crippen LogP contribution in [0.5, 0.6) is 0 Å². The molecule has 0 spiro atoms. The summed E-state index contributed by atoms with van der Waals surface area (Å²) in [6, 6.07) is 0. The molecule has 1 saturated heterocycles. The first-order chi connectivity index (χ1) is 5.15. The SMILES string of the molecule is CCN1C[C@@H](C(=O)Cl)CC1=O. The molecule has 0 unspecified atom stereocenters. The Morgan fingerprint density at radius 2 is 2.45 bits per heavy atom. The van der Waals surface area contributed by atoms with Crippen LogP contribution in [0.2, 0.25) is 0 Å². The predicted octanol–water partition coefficient (Wildman–Crippen LogP) is 0.620. The third kappa shape index (κ3) is 1.71. The van der Waals surface area contributed by atoms with Crippen LogP contribution in [0.15, 0.2) is 0 Å². The summed E-state index contributed by atoms with van der Waals surface area (Å²) in [7, 11) is 0. The van der Waals surface area contributed by atoms with Gasteiger partial charge in [0.2, 0.25) is 11.1 Å². The molecule has 11 heavy (non-hydrogen) atoms. The van der Waals surface area contributed by atoms with E-state index in [1.54, 1.807) is 4.90 Å². The number of hydrogen-bond acceptors (Lipinski definition) is 2. The molecule has 0 saturated carbocycles. The maximum atomic E-state index is 11.0. The van der Waals surface area contributed by atoms with Gasteiger partial charge in [-0.2, -0.15) is 0 Å². The van der Waals surface area contributed by atoms with Gasteiger partial charge in [-0.15, -0.1) is 0 Å². The Balaban J connectivity index is 2.56. The maximum absolute atomic E-state index is 11.0. The minimum atomic E-state index is -0.394. The molecule has 3 nitrogen and oxygen atoms in total. The zero-order chi connectivity index (χ0) is 8.43. The van der Waals surface area contributed by atoms with Crippen LogP contribution in [0.25, 0.3) is 0 Å². The van der Waals surface area contributed by atoms with Crippen LogP contribution >= 0.6 is 11.6 Å². The molecule has 0 aliphatic carbocycles. The maximum Gasteiger partial charge on any atom is 0.227 e. The van der Waals surface area contributed by atoms with Crippen molar-refractivity contribution in [2.24, 2.45) is 5.92 Å². The van der Waals surface area contributed by atoms with Gasteiger partial charge in [0.05, 0.1) is 5.92 Å². The minimum absolute atomic E-state index is 0.0338. The fourth-order valence-electron chi connectivity index (χ4n) is 1.23. The van der Waals surface area contributed by atoms with Crippen molar-refractivity contribution in [3.05, 3.63) is 0 Å². The number of carbonyl (C=O) groups excluding carboxylic acids is 2. The molecular formula is C7H10ClNO2. The third-order valence-corrected chi connectivity index (χ3v) is 2.23. The zero-order valence-electron chi connectivity index (χ0n) is 6.34. The average Bonchev–Trinajstić information content (AvgIpc) is 2.31. The molecule has 1 fully saturated rings. The molecule has 0 bridgehead atoms. The Morgan fingerprint density at radius 3 is 2.73 bits per heavy atom. The van der Waals surface area contributed by atoms with Gasteiger partial charge in [-0.25, -0.2) is 0 Å². The fraction of sp³-hybridized carbons (Fsp3) is 0.714. The van der Waals surface area contributed by atoms with Crippen LogP contribution in [0.1, 0.15) is 13.3 Å². The van der Waals surface area contributed by atoms with Crippen molar-refractivity contribution in [3.63, 3.8) is 0 Å². The van der Waals surface area contributed by atoms with Gasteiger partial charge < -0.3 is 4.90 Å². The second-order valence-corrected chi connectivity index (χ2v) is 3.01. The summed E-state index contributed by atoms with van der Waals surface area (Å²) < 4.78 is 0.